The molecule has 0 unspecified atom stereocenters. The number of halogens is 1. The van der Waals surface area contributed by atoms with E-state index in [9.17, 15) is 14.3 Å². The van der Waals surface area contributed by atoms with Crippen LogP contribution in [0.4, 0.5) is 4.39 Å². The third-order valence-corrected chi connectivity index (χ3v) is 4.71. The highest BCUT2D eigenvalue weighted by Crippen LogP contribution is 2.24. The average molecular weight is 345 g/mol. The molecule has 0 radical (unpaired) electrons. The van der Waals surface area contributed by atoms with Crippen molar-refractivity contribution in [2.45, 2.75) is 18.6 Å². The Morgan fingerprint density at radius 1 is 1.32 bits per heavy atom. The lowest BCUT2D eigenvalue weighted by molar-refractivity contribution is 0.0162. The van der Waals surface area contributed by atoms with Crippen molar-refractivity contribution in [3.05, 3.63) is 59.7 Å². The normalized spacial score (nSPS) is 20.4. The van der Waals surface area contributed by atoms with Gasteiger partial charge in [-0.25, -0.2) is 4.39 Å². The van der Waals surface area contributed by atoms with E-state index in [1.165, 1.54) is 12.1 Å². The minimum atomic E-state index is -0.921. The molecule has 1 N–H and O–H groups in total. The number of carbonyl (C=O) groups is 1. The third-order valence-electron chi connectivity index (χ3n) is 4.71. The first-order valence-electron chi connectivity index (χ1n) is 8.42. The summed E-state index contributed by atoms with van der Waals surface area (Å²) in [5.74, 6) is -0.305. The summed E-state index contributed by atoms with van der Waals surface area (Å²) < 4.78 is 14.8. The Morgan fingerprint density at radius 3 is 2.68 bits per heavy atom. The molecule has 5 nitrogen and oxygen atoms in total. The van der Waals surface area contributed by atoms with Gasteiger partial charge in [0.2, 0.25) is 0 Å². The number of nitrogens with zero attached hydrogens (tertiary/aromatic N) is 3. The fourth-order valence-corrected chi connectivity index (χ4v) is 3.46. The lowest BCUT2D eigenvalue weighted by Gasteiger charge is -2.29. The van der Waals surface area contributed by atoms with Crippen LogP contribution in [-0.2, 0) is 13.6 Å². The number of rotatable bonds is 5. The van der Waals surface area contributed by atoms with Crippen molar-refractivity contribution in [1.82, 2.24) is 14.4 Å². The molecule has 0 spiro atoms. The van der Waals surface area contributed by atoms with Gasteiger partial charge in [0.15, 0.2) is 0 Å². The quantitative estimate of drug-likeness (QED) is 0.900. The van der Waals surface area contributed by atoms with Gasteiger partial charge in [-0.2, -0.15) is 0 Å². The Kier molecular flexibility index (Phi) is 4.92. The summed E-state index contributed by atoms with van der Waals surface area (Å²) in [5.41, 5.74) is 0.696. The SMILES string of the molecule is CN(Cc1ccc(F)cc1)C[C@]1(O)CCN(C(=O)c2cccn2C)C1. The average Bonchev–Trinajstić information content (AvgIpc) is 3.15. The minimum absolute atomic E-state index is 0.0513. The molecule has 134 valence electrons. The first-order valence-corrected chi connectivity index (χ1v) is 8.42. The molecule has 2 heterocycles. The van der Waals surface area contributed by atoms with Crippen molar-refractivity contribution in [3.63, 3.8) is 0 Å². The van der Waals surface area contributed by atoms with E-state index in [-0.39, 0.29) is 11.7 Å². The summed E-state index contributed by atoms with van der Waals surface area (Å²) in [6.45, 7) is 1.95. The number of aliphatic hydroxyl groups is 1. The molecule has 1 atom stereocenters. The monoisotopic (exact) mass is 345 g/mol. The second-order valence-electron chi connectivity index (χ2n) is 7.00. The summed E-state index contributed by atoms with van der Waals surface area (Å²) in [4.78, 5) is 16.3. The molecule has 1 aromatic heterocycles. The maximum absolute atomic E-state index is 13.0. The van der Waals surface area contributed by atoms with Gasteiger partial charge in [-0.3, -0.25) is 9.69 Å². The van der Waals surface area contributed by atoms with E-state index in [1.807, 2.05) is 31.3 Å². The van der Waals surface area contributed by atoms with Crippen molar-refractivity contribution in [3.8, 4) is 0 Å². The minimum Gasteiger partial charge on any atom is -0.387 e. The van der Waals surface area contributed by atoms with Gasteiger partial charge in [0.25, 0.3) is 5.91 Å². The Morgan fingerprint density at radius 2 is 2.04 bits per heavy atom. The summed E-state index contributed by atoms with van der Waals surface area (Å²) in [5, 5.41) is 10.9. The van der Waals surface area contributed by atoms with Gasteiger partial charge in [0.05, 0.1) is 12.1 Å². The van der Waals surface area contributed by atoms with Crippen molar-refractivity contribution in [1.29, 1.82) is 0 Å². The zero-order valence-electron chi connectivity index (χ0n) is 14.7. The van der Waals surface area contributed by atoms with Gasteiger partial charge in [0, 0.05) is 32.9 Å². The van der Waals surface area contributed by atoms with E-state index in [0.717, 1.165) is 5.56 Å². The maximum Gasteiger partial charge on any atom is 0.270 e. The molecule has 1 aliphatic heterocycles. The molecule has 6 heteroatoms. The molecule has 1 fully saturated rings. The van der Waals surface area contributed by atoms with Crippen LogP contribution in [0.2, 0.25) is 0 Å². The van der Waals surface area contributed by atoms with Crippen LogP contribution in [0.1, 0.15) is 22.5 Å². The third kappa shape index (κ3) is 4.08. The van der Waals surface area contributed by atoms with E-state index < -0.39 is 5.60 Å². The number of likely N-dealkylation sites (N-methyl/N-ethyl adjacent to an activating group) is 1. The predicted octanol–water partition coefficient (Wildman–Crippen LogP) is 1.87. The number of β-amino-alcohol motifs (C(OH)–C–C–N with tert-alkyl or cyclic N) is 1. The van der Waals surface area contributed by atoms with Crippen LogP contribution >= 0.6 is 0 Å². The van der Waals surface area contributed by atoms with E-state index in [2.05, 4.69) is 0 Å². The number of aryl methyl sites for hydroxylation is 1. The second kappa shape index (κ2) is 6.98. The number of benzene rings is 1. The van der Waals surface area contributed by atoms with E-state index in [0.29, 0.717) is 38.3 Å². The molecular weight excluding hydrogens is 321 g/mol. The number of aromatic nitrogens is 1. The molecule has 0 aliphatic carbocycles. The lowest BCUT2D eigenvalue weighted by atomic mass is 10.0. The van der Waals surface area contributed by atoms with Crippen LogP contribution in [0, 0.1) is 5.82 Å². The number of hydrogen-bond donors (Lipinski definition) is 1. The predicted molar refractivity (Wildman–Crippen MR) is 93.6 cm³/mol. The van der Waals surface area contributed by atoms with Gasteiger partial charge in [-0.05, 0) is 43.3 Å². The molecule has 25 heavy (non-hydrogen) atoms. The highest BCUT2D eigenvalue weighted by molar-refractivity contribution is 5.93. The molecular formula is C19H24FN3O2. The molecule has 1 aliphatic rings. The first kappa shape index (κ1) is 17.6. The van der Waals surface area contributed by atoms with Crippen LogP contribution in [0.25, 0.3) is 0 Å². The number of amides is 1. The Bertz CT molecular complexity index is 743. The zero-order chi connectivity index (χ0) is 18.0. The van der Waals surface area contributed by atoms with E-state index in [4.69, 9.17) is 0 Å². The lowest BCUT2D eigenvalue weighted by Crippen LogP contribution is -2.44. The van der Waals surface area contributed by atoms with Crippen molar-refractivity contribution < 1.29 is 14.3 Å². The smallest absolute Gasteiger partial charge is 0.270 e. The molecule has 0 bridgehead atoms. The number of carbonyl (C=O) groups excluding carboxylic acids is 1. The fourth-order valence-electron chi connectivity index (χ4n) is 3.46. The van der Waals surface area contributed by atoms with Gasteiger partial charge in [0.1, 0.15) is 11.5 Å². The molecule has 1 saturated heterocycles. The van der Waals surface area contributed by atoms with Crippen LogP contribution in [0.15, 0.2) is 42.6 Å². The van der Waals surface area contributed by atoms with Crippen molar-refractivity contribution in [2.24, 2.45) is 7.05 Å². The summed E-state index contributed by atoms with van der Waals surface area (Å²) in [7, 11) is 3.76. The second-order valence-corrected chi connectivity index (χ2v) is 7.00. The fraction of sp³-hybridized carbons (Fsp3) is 0.421. The molecule has 3 rings (SSSR count). The van der Waals surface area contributed by atoms with Gasteiger partial charge >= 0.3 is 0 Å². The summed E-state index contributed by atoms with van der Waals surface area (Å²) in [6, 6.07) is 10.00. The highest BCUT2D eigenvalue weighted by Gasteiger charge is 2.39. The molecule has 1 amide bonds. The van der Waals surface area contributed by atoms with Crippen molar-refractivity contribution >= 4 is 5.91 Å². The standard InChI is InChI=1S/C19H24FN3O2/c1-21(12-15-5-7-16(20)8-6-15)13-19(25)9-11-23(14-19)18(24)17-4-3-10-22(17)2/h3-8,10,25H,9,11-14H2,1-2H3/t19-/m1/s1. The topological polar surface area (TPSA) is 48.7 Å². The number of hydrogen-bond acceptors (Lipinski definition) is 3. The van der Waals surface area contributed by atoms with Gasteiger partial charge in [-0.15, -0.1) is 0 Å². The van der Waals surface area contributed by atoms with E-state index in [1.54, 1.807) is 27.7 Å². The van der Waals surface area contributed by atoms with Crippen LogP contribution in [-0.4, -0.2) is 57.7 Å². The first-order chi connectivity index (χ1) is 11.9. The Balaban J connectivity index is 1.58. The van der Waals surface area contributed by atoms with Crippen LogP contribution in [0.5, 0.6) is 0 Å². The summed E-state index contributed by atoms with van der Waals surface area (Å²) in [6.07, 6.45) is 2.39. The van der Waals surface area contributed by atoms with Gasteiger partial charge in [-0.1, -0.05) is 12.1 Å². The van der Waals surface area contributed by atoms with Gasteiger partial charge < -0.3 is 14.6 Å². The molecule has 0 saturated carbocycles. The zero-order valence-corrected chi connectivity index (χ0v) is 14.7. The highest BCUT2D eigenvalue weighted by atomic mass is 19.1. The number of likely N-dealkylation sites (tertiary alicyclic amines) is 1. The van der Waals surface area contributed by atoms with Crippen LogP contribution in [0.3, 0.4) is 0 Å². The van der Waals surface area contributed by atoms with Crippen LogP contribution < -0.4 is 0 Å². The van der Waals surface area contributed by atoms with E-state index >= 15 is 0 Å². The maximum atomic E-state index is 13.0. The Hall–Kier alpha value is -2.18. The molecule has 1 aromatic carbocycles. The van der Waals surface area contributed by atoms with Crippen molar-refractivity contribution in [2.75, 3.05) is 26.7 Å². The largest absolute Gasteiger partial charge is 0.387 e. The molecule has 2 aromatic rings. The summed E-state index contributed by atoms with van der Waals surface area (Å²) >= 11 is 0. The Labute approximate surface area is 147 Å².